The maximum absolute atomic E-state index is 12.2. The van der Waals surface area contributed by atoms with E-state index < -0.39 is 11.9 Å². The number of H-pyrrole nitrogens is 2. The summed E-state index contributed by atoms with van der Waals surface area (Å²) in [4.78, 5) is 69.5. The highest BCUT2D eigenvalue weighted by atomic mass is 16.6. The van der Waals surface area contributed by atoms with E-state index in [-0.39, 0.29) is 72.9 Å². The number of aromatic nitrogens is 8. The second-order valence-electron chi connectivity index (χ2n) is 9.56. The molecular formula is C24H26N8O8. The van der Waals surface area contributed by atoms with Gasteiger partial charge in [0.05, 0.1) is 50.4 Å². The highest BCUT2D eigenvalue weighted by Gasteiger charge is 2.30. The maximum atomic E-state index is 12.2. The van der Waals surface area contributed by atoms with Gasteiger partial charge in [-0.3, -0.25) is 28.3 Å². The molecule has 0 aliphatic carbocycles. The first-order chi connectivity index (χ1) is 19.5. The Bertz CT molecular complexity index is 1540. The molecule has 6 rings (SSSR count). The summed E-state index contributed by atoms with van der Waals surface area (Å²) in [6.07, 6.45) is 6.57. The van der Waals surface area contributed by atoms with Gasteiger partial charge in [0, 0.05) is 0 Å². The zero-order chi connectivity index (χ0) is 27.6. The minimum absolute atomic E-state index is 0.0476. The minimum atomic E-state index is -0.531. The molecule has 210 valence electrons. The third-order valence-corrected chi connectivity index (χ3v) is 6.91. The van der Waals surface area contributed by atoms with Crippen molar-refractivity contribution in [3.8, 4) is 0 Å². The summed E-state index contributed by atoms with van der Waals surface area (Å²) in [5.74, 6) is -1.06. The number of imidazole rings is 2. The summed E-state index contributed by atoms with van der Waals surface area (Å²) < 4.78 is 25.9. The van der Waals surface area contributed by atoms with Crippen molar-refractivity contribution in [3.05, 3.63) is 46.0 Å². The lowest BCUT2D eigenvalue weighted by molar-refractivity contribution is -0.155. The summed E-state index contributed by atoms with van der Waals surface area (Å²) in [5, 5.41) is 0. The topological polar surface area (TPSA) is 198 Å². The first kappa shape index (κ1) is 25.8. The number of hydrogen-bond donors (Lipinski definition) is 2. The van der Waals surface area contributed by atoms with Gasteiger partial charge >= 0.3 is 11.9 Å². The zero-order valence-corrected chi connectivity index (χ0v) is 21.2. The molecule has 2 saturated heterocycles. The molecule has 16 nitrogen and oxygen atoms in total. The Morgan fingerprint density at radius 1 is 0.750 bits per heavy atom. The number of hydrogen-bond acceptors (Lipinski definition) is 12. The summed E-state index contributed by atoms with van der Waals surface area (Å²) in [6, 6.07) is 0. The fourth-order valence-corrected chi connectivity index (χ4v) is 4.90. The zero-order valence-electron chi connectivity index (χ0n) is 21.2. The Balaban J connectivity index is 0.900. The number of esters is 2. The van der Waals surface area contributed by atoms with E-state index in [4.69, 9.17) is 18.9 Å². The Labute approximate surface area is 224 Å². The van der Waals surface area contributed by atoms with Crippen molar-refractivity contribution < 1.29 is 28.5 Å². The Kier molecular flexibility index (Phi) is 7.08. The van der Waals surface area contributed by atoms with Crippen LogP contribution in [0.1, 0.15) is 51.0 Å². The molecule has 0 spiro atoms. The van der Waals surface area contributed by atoms with E-state index >= 15 is 0 Å². The third kappa shape index (κ3) is 5.22. The van der Waals surface area contributed by atoms with Gasteiger partial charge in [-0.2, -0.15) is 0 Å². The van der Waals surface area contributed by atoms with E-state index in [1.54, 1.807) is 9.13 Å². The van der Waals surface area contributed by atoms with Crippen LogP contribution >= 0.6 is 0 Å². The maximum Gasteiger partial charge on any atom is 0.306 e. The lowest BCUT2D eigenvalue weighted by atomic mass is 10.2. The molecule has 2 aliphatic rings. The first-order valence-corrected chi connectivity index (χ1v) is 12.9. The van der Waals surface area contributed by atoms with Gasteiger partial charge in [0.2, 0.25) is 0 Å². The largest absolute Gasteiger partial charge is 0.463 e. The van der Waals surface area contributed by atoms with Crippen LogP contribution in [0.15, 0.2) is 34.9 Å². The van der Waals surface area contributed by atoms with Gasteiger partial charge < -0.3 is 28.9 Å². The van der Waals surface area contributed by atoms with E-state index in [0.29, 0.717) is 37.0 Å². The number of nitrogens with one attached hydrogen (secondary N) is 2. The quantitative estimate of drug-likeness (QED) is 0.272. The Hall–Kier alpha value is -4.44. The fraction of sp³-hybridized carbons (Fsp3) is 0.500. The standard InChI is InChI=1S/C24H26N8O8/c33-17(37-7-13-1-3-15(39-13)31-11-29-19-21(31)25-9-27-23(19)35)5-6-18(34)38-8-14-2-4-16(40-14)32-12-30-20-22(32)26-10-28-24(20)36/h9-16H,1-8H2,(H,25,27,35)(H,26,28,36). The Morgan fingerprint density at radius 3 is 1.65 bits per heavy atom. The van der Waals surface area contributed by atoms with Gasteiger partial charge in [-0.1, -0.05) is 0 Å². The number of aromatic amines is 2. The summed E-state index contributed by atoms with van der Waals surface area (Å²) in [7, 11) is 0. The number of ether oxygens (including phenoxy) is 4. The molecule has 0 amide bonds. The summed E-state index contributed by atoms with van der Waals surface area (Å²) in [6.45, 7) is 0.0952. The molecule has 0 saturated carbocycles. The summed E-state index contributed by atoms with van der Waals surface area (Å²) >= 11 is 0. The van der Waals surface area contributed by atoms with Crippen molar-refractivity contribution in [1.29, 1.82) is 0 Å². The average molecular weight is 555 g/mol. The number of nitrogens with zero attached hydrogens (tertiary/aromatic N) is 6. The van der Waals surface area contributed by atoms with Gasteiger partial charge in [0.25, 0.3) is 11.1 Å². The van der Waals surface area contributed by atoms with Crippen LogP contribution in [0, 0.1) is 0 Å². The molecule has 4 aromatic heterocycles. The van der Waals surface area contributed by atoms with Gasteiger partial charge in [0.1, 0.15) is 25.7 Å². The van der Waals surface area contributed by atoms with Crippen molar-refractivity contribution in [1.82, 2.24) is 39.0 Å². The number of carbonyl (C=O) groups is 2. The molecule has 6 heterocycles. The second kappa shape index (κ2) is 11.0. The number of carbonyl (C=O) groups excluding carboxylic acids is 2. The lowest BCUT2D eigenvalue weighted by Crippen LogP contribution is -2.21. The molecular weight excluding hydrogens is 528 g/mol. The van der Waals surface area contributed by atoms with Crippen molar-refractivity contribution in [2.75, 3.05) is 13.2 Å². The molecule has 2 N–H and O–H groups in total. The highest BCUT2D eigenvalue weighted by Crippen LogP contribution is 2.31. The molecule has 4 aromatic rings. The molecule has 40 heavy (non-hydrogen) atoms. The smallest absolute Gasteiger partial charge is 0.306 e. The SMILES string of the molecule is O=C(CCC(=O)OCC1CCC(n2cnc3c(=O)[nH]cnc32)O1)OCC1CCC(n2cnc3c(=O)[nH]cnc32)O1. The first-order valence-electron chi connectivity index (χ1n) is 12.9. The minimum Gasteiger partial charge on any atom is -0.463 e. The second-order valence-corrected chi connectivity index (χ2v) is 9.56. The van der Waals surface area contributed by atoms with Crippen LogP contribution in [0.2, 0.25) is 0 Å². The van der Waals surface area contributed by atoms with Crippen LogP contribution in [-0.2, 0) is 28.5 Å². The van der Waals surface area contributed by atoms with Crippen LogP contribution in [0.5, 0.6) is 0 Å². The van der Waals surface area contributed by atoms with Crippen LogP contribution in [0.3, 0.4) is 0 Å². The molecule has 2 aliphatic heterocycles. The van der Waals surface area contributed by atoms with Crippen LogP contribution in [0.4, 0.5) is 0 Å². The molecule has 2 fully saturated rings. The van der Waals surface area contributed by atoms with Crippen molar-refractivity contribution in [3.63, 3.8) is 0 Å². The molecule has 16 heteroatoms. The third-order valence-electron chi connectivity index (χ3n) is 6.91. The van der Waals surface area contributed by atoms with Crippen LogP contribution in [0.25, 0.3) is 22.3 Å². The monoisotopic (exact) mass is 554 g/mol. The fourth-order valence-electron chi connectivity index (χ4n) is 4.90. The highest BCUT2D eigenvalue weighted by molar-refractivity contribution is 5.77. The normalized spacial score (nSPS) is 22.7. The Morgan fingerprint density at radius 2 is 1.20 bits per heavy atom. The van der Waals surface area contributed by atoms with Gasteiger partial charge in [-0.15, -0.1) is 0 Å². The molecule has 0 bridgehead atoms. The van der Waals surface area contributed by atoms with Crippen LogP contribution in [-0.4, -0.2) is 76.4 Å². The van der Waals surface area contributed by atoms with E-state index in [1.807, 2.05) is 0 Å². The van der Waals surface area contributed by atoms with E-state index in [0.717, 1.165) is 0 Å². The lowest BCUT2D eigenvalue weighted by Gasteiger charge is -2.16. The van der Waals surface area contributed by atoms with Gasteiger partial charge in [-0.05, 0) is 25.7 Å². The van der Waals surface area contributed by atoms with E-state index in [1.165, 1.54) is 25.3 Å². The van der Waals surface area contributed by atoms with E-state index in [2.05, 4.69) is 29.9 Å². The van der Waals surface area contributed by atoms with Crippen molar-refractivity contribution in [2.45, 2.75) is 63.2 Å². The van der Waals surface area contributed by atoms with Gasteiger partial charge in [-0.25, -0.2) is 19.9 Å². The van der Waals surface area contributed by atoms with Crippen LogP contribution < -0.4 is 11.1 Å². The predicted octanol–water partition coefficient (Wildman–Crippen LogP) is 0.475. The molecule has 4 atom stereocenters. The van der Waals surface area contributed by atoms with Crippen molar-refractivity contribution in [2.24, 2.45) is 0 Å². The summed E-state index contributed by atoms with van der Waals surface area (Å²) in [5.41, 5.74) is 0.651. The van der Waals surface area contributed by atoms with Crippen molar-refractivity contribution >= 4 is 34.3 Å². The molecule has 4 unspecified atom stereocenters. The van der Waals surface area contributed by atoms with Gasteiger partial charge in [0.15, 0.2) is 22.3 Å². The average Bonchev–Trinajstić information content (AvgIpc) is 3.75. The molecule has 0 radical (unpaired) electrons. The molecule has 0 aromatic carbocycles. The van der Waals surface area contributed by atoms with E-state index in [9.17, 15) is 19.2 Å². The predicted molar refractivity (Wildman–Crippen MR) is 134 cm³/mol. The number of rotatable bonds is 9. The number of fused-ring (bicyclic) bond motifs is 2.